The van der Waals surface area contributed by atoms with Gasteiger partial charge in [0.2, 0.25) is 0 Å². The zero-order valence-electron chi connectivity index (χ0n) is 12.7. The van der Waals surface area contributed by atoms with Gasteiger partial charge in [0, 0.05) is 30.9 Å². The molecule has 1 heterocycles. The third kappa shape index (κ3) is 2.49. The normalized spacial score (nSPS) is 33.1. The monoisotopic (exact) mass is 270 g/mol. The second-order valence-corrected chi connectivity index (χ2v) is 6.84. The van der Waals surface area contributed by atoms with E-state index >= 15 is 0 Å². The Morgan fingerprint density at radius 3 is 2.40 bits per heavy atom. The predicted molar refractivity (Wildman–Crippen MR) is 84.3 cm³/mol. The van der Waals surface area contributed by atoms with Crippen LogP contribution in [0.1, 0.15) is 32.3 Å². The van der Waals surface area contributed by atoms with Crippen molar-refractivity contribution in [2.75, 3.05) is 13.1 Å². The van der Waals surface area contributed by atoms with E-state index in [9.17, 15) is 0 Å². The molecular weight excluding hydrogens is 244 g/mol. The predicted octanol–water partition coefficient (Wildman–Crippen LogP) is 3.41. The maximum atomic E-state index is 4.05. The summed E-state index contributed by atoms with van der Waals surface area (Å²) < 4.78 is 0. The van der Waals surface area contributed by atoms with Gasteiger partial charge < -0.3 is 5.32 Å². The highest BCUT2D eigenvalue weighted by Gasteiger charge is 2.50. The van der Waals surface area contributed by atoms with E-state index in [0.717, 1.165) is 24.1 Å². The number of rotatable bonds is 4. The zero-order valence-corrected chi connectivity index (χ0v) is 12.7. The molecule has 0 aromatic heterocycles. The molecule has 1 aromatic rings. The van der Waals surface area contributed by atoms with Crippen molar-refractivity contribution in [3.8, 4) is 0 Å². The van der Waals surface area contributed by atoms with Gasteiger partial charge in [-0.1, -0.05) is 36.9 Å². The number of hydrogen-bond acceptors (Lipinski definition) is 2. The van der Waals surface area contributed by atoms with E-state index in [1.807, 2.05) is 0 Å². The number of piperidine rings is 1. The maximum Gasteiger partial charge on any atom is 0.0422 e. The first kappa shape index (κ1) is 13.7. The summed E-state index contributed by atoms with van der Waals surface area (Å²) in [7, 11) is 0. The summed E-state index contributed by atoms with van der Waals surface area (Å²) in [5.74, 6) is 1.50. The molecule has 1 aliphatic heterocycles. The summed E-state index contributed by atoms with van der Waals surface area (Å²) >= 11 is 0. The van der Waals surface area contributed by atoms with E-state index in [-0.39, 0.29) is 5.54 Å². The van der Waals surface area contributed by atoms with Crippen LogP contribution in [0.25, 0.3) is 0 Å². The molecule has 108 valence electrons. The van der Waals surface area contributed by atoms with Crippen molar-refractivity contribution >= 4 is 0 Å². The SMILES string of the molecule is C=C(C)NC1(C)[C@@H]2CC[C@H]1CN(Cc1ccccc1)C2. The first-order valence-electron chi connectivity index (χ1n) is 7.78. The van der Waals surface area contributed by atoms with Gasteiger partial charge in [0.25, 0.3) is 0 Å². The first-order valence-corrected chi connectivity index (χ1v) is 7.78. The van der Waals surface area contributed by atoms with Gasteiger partial charge in [0.05, 0.1) is 0 Å². The lowest BCUT2D eigenvalue weighted by molar-refractivity contribution is 0.0709. The number of likely N-dealkylation sites (tertiary alicyclic amines) is 1. The molecule has 2 nitrogen and oxygen atoms in total. The lowest BCUT2D eigenvalue weighted by Crippen LogP contribution is -2.58. The Hall–Kier alpha value is -1.28. The van der Waals surface area contributed by atoms with Gasteiger partial charge in [0.1, 0.15) is 0 Å². The number of nitrogens with one attached hydrogen (secondary N) is 1. The lowest BCUT2D eigenvalue weighted by Gasteiger charge is -2.47. The molecule has 0 spiro atoms. The Kier molecular flexibility index (Phi) is 3.59. The van der Waals surface area contributed by atoms with Crippen molar-refractivity contribution in [2.24, 2.45) is 11.8 Å². The van der Waals surface area contributed by atoms with Crippen LogP contribution in [-0.4, -0.2) is 23.5 Å². The quantitative estimate of drug-likeness (QED) is 0.902. The molecule has 3 atom stereocenters. The zero-order chi connectivity index (χ0) is 14.2. The number of benzene rings is 1. The molecule has 0 amide bonds. The molecule has 20 heavy (non-hydrogen) atoms. The Morgan fingerprint density at radius 1 is 1.25 bits per heavy atom. The van der Waals surface area contributed by atoms with Gasteiger partial charge in [-0.2, -0.15) is 0 Å². The van der Waals surface area contributed by atoms with Crippen molar-refractivity contribution in [3.63, 3.8) is 0 Å². The number of nitrogens with zero attached hydrogens (tertiary/aromatic N) is 1. The topological polar surface area (TPSA) is 15.3 Å². The summed E-state index contributed by atoms with van der Waals surface area (Å²) in [6, 6.07) is 10.8. The van der Waals surface area contributed by atoms with Crippen molar-refractivity contribution < 1.29 is 0 Å². The van der Waals surface area contributed by atoms with Gasteiger partial charge in [0.15, 0.2) is 0 Å². The molecule has 2 aliphatic rings. The number of allylic oxidation sites excluding steroid dienone is 1. The van der Waals surface area contributed by atoms with Crippen molar-refractivity contribution in [2.45, 2.75) is 38.8 Å². The smallest absolute Gasteiger partial charge is 0.0422 e. The summed E-state index contributed by atoms with van der Waals surface area (Å²) in [5, 5.41) is 3.68. The lowest BCUT2D eigenvalue weighted by atomic mass is 9.78. The standard InChI is InChI=1S/C18H26N2/c1-14(2)19-18(3)16-9-10-17(18)13-20(12-16)11-15-7-5-4-6-8-15/h4-8,16-17,19H,1,9-13H2,2-3H3/t16-,17+,18?. The van der Waals surface area contributed by atoms with Crippen LogP contribution in [0.3, 0.4) is 0 Å². The molecule has 2 fully saturated rings. The Bertz CT molecular complexity index is 465. The van der Waals surface area contributed by atoms with Gasteiger partial charge >= 0.3 is 0 Å². The van der Waals surface area contributed by atoms with E-state index < -0.39 is 0 Å². The van der Waals surface area contributed by atoms with Crippen LogP contribution in [0.5, 0.6) is 0 Å². The van der Waals surface area contributed by atoms with Crippen molar-refractivity contribution in [1.29, 1.82) is 0 Å². The van der Waals surface area contributed by atoms with Gasteiger partial charge in [-0.15, -0.1) is 0 Å². The summed E-state index contributed by atoms with van der Waals surface area (Å²) in [4.78, 5) is 2.64. The minimum atomic E-state index is 0.263. The Labute approximate surface area is 122 Å². The van der Waals surface area contributed by atoms with Crippen LogP contribution < -0.4 is 5.32 Å². The molecule has 1 aromatic carbocycles. The second kappa shape index (κ2) is 5.25. The van der Waals surface area contributed by atoms with E-state index in [1.165, 1.54) is 31.5 Å². The molecule has 1 aliphatic carbocycles. The molecule has 1 saturated carbocycles. The van der Waals surface area contributed by atoms with Crippen LogP contribution in [0.4, 0.5) is 0 Å². The minimum absolute atomic E-state index is 0.263. The Morgan fingerprint density at radius 2 is 1.85 bits per heavy atom. The number of fused-ring (bicyclic) bond motifs is 2. The molecule has 0 radical (unpaired) electrons. The third-order valence-corrected chi connectivity index (χ3v) is 5.25. The fraction of sp³-hybridized carbons (Fsp3) is 0.556. The molecule has 1 saturated heterocycles. The van der Waals surface area contributed by atoms with Crippen LogP contribution in [0, 0.1) is 11.8 Å². The highest BCUT2D eigenvalue weighted by atomic mass is 15.2. The van der Waals surface area contributed by atoms with Crippen LogP contribution in [0.15, 0.2) is 42.6 Å². The van der Waals surface area contributed by atoms with Crippen LogP contribution in [0.2, 0.25) is 0 Å². The summed E-state index contributed by atoms with van der Waals surface area (Å²) in [6.07, 6.45) is 2.71. The average molecular weight is 270 g/mol. The van der Waals surface area contributed by atoms with E-state index in [2.05, 4.69) is 61.0 Å². The van der Waals surface area contributed by atoms with Gasteiger partial charge in [-0.05, 0) is 44.1 Å². The van der Waals surface area contributed by atoms with Crippen LogP contribution in [-0.2, 0) is 6.54 Å². The summed E-state index contributed by atoms with van der Waals surface area (Å²) in [5.41, 5.74) is 2.81. The highest BCUT2D eigenvalue weighted by molar-refractivity contribution is 5.16. The molecule has 1 unspecified atom stereocenters. The average Bonchev–Trinajstić information content (AvgIpc) is 2.60. The molecule has 1 N–H and O–H groups in total. The van der Waals surface area contributed by atoms with Crippen molar-refractivity contribution in [1.82, 2.24) is 10.2 Å². The van der Waals surface area contributed by atoms with Crippen LogP contribution >= 0.6 is 0 Å². The minimum Gasteiger partial charge on any atom is -0.383 e. The highest BCUT2D eigenvalue weighted by Crippen LogP contribution is 2.45. The van der Waals surface area contributed by atoms with Gasteiger partial charge in [-0.25, -0.2) is 0 Å². The molecular formula is C18H26N2. The Balaban J connectivity index is 1.69. The largest absolute Gasteiger partial charge is 0.383 e. The molecule has 2 bridgehead atoms. The van der Waals surface area contributed by atoms with E-state index in [4.69, 9.17) is 0 Å². The van der Waals surface area contributed by atoms with E-state index in [0.29, 0.717) is 0 Å². The summed E-state index contributed by atoms with van der Waals surface area (Å²) in [6.45, 7) is 12.1. The van der Waals surface area contributed by atoms with E-state index in [1.54, 1.807) is 0 Å². The molecule has 2 heteroatoms. The molecule has 3 rings (SSSR count). The van der Waals surface area contributed by atoms with Crippen molar-refractivity contribution in [3.05, 3.63) is 48.2 Å². The fourth-order valence-electron chi connectivity index (χ4n) is 4.23. The number of hydrogen-bond donors (Lipinski definition) is 1. The third-order valence-electron chi connectivity index (χ3n) is 5.25. The van der Waals surface area contributed by atoms with Gasteiger partial charge in [-0.3, -0.25) is 4.90 Å². The maximum absolute atomic E-state index is 4.05. The fourth-order valence-corrected chi connectivity index (χ4v) is 4.23. The first-order chi connectivity index (χ1) is 9.58. The second-order valence-electron chi connectivity index (χ2n) is 6.84.